The summed E-state index contributed by atoms with van der Waals surface area (Å²) in [5, 5.41) is 3.69. The average molecular weight is 375 g/mol. The van der Waals surface area contributed by atoms with Crippen molar-refractivity contribution in [3.63, 3.8) is 0 Å². The molecule has 0 radical (unpaired) electrons. The molecule has 24 heavy (non-hydrogen) atoms. The van der Waals surface area contributed by atoms with Crippen LogP contribution in [0.4, 0.5) is 0 Å². The molecule has 0 spiro atoms. The van der Waals surface area contributed by atoms with E-state index in [9.17, 15) is 4.79 Å². The number of amides is 1. The van der Waals surface area contributed by atoms with Gasteiger partial charge in [-0.2, -0.15) is 4.98 Å². The number of hydrogen-bond acceptors (Lipinski definition) is 7. The summed E-state index contributed by atoms with van der Waals surface area (Å²) in [6.07, 6.45) is 0. The predicted molar refractivity (Wildman–Crippen MR) is 97.3 cm³/mol. The Labute approximate surface area is 151 Å². The molecule has 2 aromatic heterocycles. The molecule has 0 saturated carbocycles. The molecule has 3 N–H and O–H groups in total. The summed E-state index contributed by atoms with van der Waals surface area (Å²) in [6, 6.07) is 0. The molecule has 9 heteroatoms. The number of nitrogens with zero attached hydrogens (tertiary/aromatic N) is 2. The minimum Gasteiger partial charge on any atom is -0.480 e. The van der Waals surface area contributed by atoms with Gasteiger partial charge in [0.2, 0.25) is 5.88 Å². The highest BCUT2D eigenvalue weighted by Crippen LogP contribution is 2.35. The molecule has 134 valence electrons. The van der Waals surface area contributed by atoms with Gasteiger partial charge >= 0.3 is 0 Å². The van der Waals surface area contributed by atoms with Crippen LogP contribution in [-0.4, -0.2) is 42.2 Å². The lowest BCUT2D eigenvalue weighted by Gasteiger charge is -2.23. The third kappa shape index (κ3) is 4.13. The molecule has 0 unspecified atom stereocenters. The number of nitrogens with two attached hydrogens (primary N) is 1. The summed E-state index contributed by atoms with van der Waals surface area (Å²) >= 11 is 1.31. The number of ether oxygens (including phenoxy) is 2. The fourth-order valence-electron chi connectivity index (χ4n) is 2.12. The Balaban J connectivity index is 0.00000288. The van der Waals surface area contributed by atoms with E-state index in [4.69, 9.17) is 15.2 Å². The van der Waals surface area contributed by atoms with Crippen LogP contribution in [0, 0.1) is 6.92 Å². The van der Waals surface area contributed by atoms with Crippen molar-refractivity contribution in [1.29, 1.82) is 0 Å². The monoisotopic (exact) mass is 374 g/mol. The average Bonchev–Trinajstić information content (AvgIpc) is 2.84. The van der Waals surface area contributed by atoms with E-state index in [-0.39, 0.29) is 24.9 Å². The van der Waals surface area contributed by atoms with Crippen molar-refractivity contribution in [3.8, 4) is 5.88 Å². The Bertz CT molecular complexity index is 733. The van der Waals surface area contributed by atoms with Crippen LogP contribution in [-0.2, 0) is 11.3 Å². The predicted octanol–water partition coefficient (Wildman–Crippen LogP) is 2.04. The van der Waals surface area contributed by atoms with Crippen LogP contribution in [0.15, 0.2) is 0 Å². The summed E-state index contributed by atoms with van der Waals surface area (Å²) in [4.78, 5) is 22.6. The van der Waals surface area contributed by atoms with Crippen molar-refractivity contribution in [2.45, 2.75) is 32.9 Å². The van der Waals surface area contributed by atoms with Crippen LogP contribution in [0.2, 0.25) is 0 Å². The molecule has 0 aliphatic carbocycles. The normalized spacial score (nSPS) is 11.2. The summed E-state index contributed by atoms with van der Waals surface area (Å²) < 4.78 is 10.4. The lowest BCUT2D eigenvalue weighted by Crippen LogP contribution is -2.48. The molecular weight excluding hydrogens is 352 g/mol. The second-order valence-corrected chi connectivity index (χ2v) is 6.86. The van der Waals surface area contributed by atoms with Gasteiger partial charge in [0.25, 0.3) is 5.91 Å². The van der Waals surface area contributed by atoms with E-state index in [1.165, 1.54) is 11.3 Å². The van der Waals surface area contributed by atoms with Gasteiger partial charge in [-0.25, -0.2) is 4.98 Å². The lowest BCUT2D eigenvalue weighted by molar-refractivity contribution is 0.0919. The van der Waals surface area contributed by atoms with Gasteiger partial charge in [-0.3, -0.25) is 4.79 Å². The Morgan fingerprint density at radius 1 is 1.33 bits per heavy atom. The smallest absolute Gasteiger partial charge is 0.262 e. The maximum absolute atomic E-state index is 12.5. The van der Waals surface area contributed by atoms with Gasteiger partial charge < -0.3 is 20.5 Å². The Hall–Kier alpha value is -1.48. The fourth-order valence-corrected chi connectivity index (χ4v) is 3.20. The Morgan fingerprint density at radius 3 is 2.54 bits per heavy atom. The van der Waals surface area contributed by atoms with Crippen molar-refractivity contribution in [2.24, 2.45) is 5.73 Å². The van der Waals surface area contributed by atoms with E-state index < -0.39 is 5.54 Å². The molecule has 0 bridgehead atoms. The van der Waals surface area contributed by atoms with Crippen molar-refractivity contribution in [2.75, 3.05) is 20.8 Å². The van der Waals surface area contributed by atoms with E-state index in [0.717, 1.165) is 10.9 Å². The van der Waals surface area contributed by atoms with Gasteiger partial charge in [-0.1, -0.05) is 0 Å². The molecule has 2 aromatic rings. The van der Waals surface area contributed by atoms with E-state index in [1.807, 2.05) is 20.8 Å². The molecule has 2 heterocycles. The first kappa shape index (κ1) is 20.6. The van der Waals surface area contributed by atoms with Crippen molar-refractivity contribution >= 4 is 39.9 Å². The zero-order valence-electron chi connectivity index (χ0n) is 14.4. The number of halogens is 1. The second-order valence-electron chi connectivity index (χ2n) is 5.86. The van der Waals surface area contributed by atoms with Gasteiger partial charge in [0.15, 0.2) is 5.82 Å². The lowest BCUT2D eigenvalue weighted by atomic mass is 10.1. The number of aryl methyl sites for hydroxylation is 1. The minimum atomic E-state index is -0.476. The van der Waals surface area contributed by atoms with Crippen LogP contribution in [0.1, 0.15) is 34.9 Å². The Kier molecular flexibility index (Phi) is 6.91. The highest BCUT2D eigenvalue weighted by Gasteiger charge is 2.25. The summed E-state index contributed by atoms with van der Waals surface area (Å²) in [5.74, 6) is 0.802. The number of hydrogen-bond donors (Lipinski definition) is 2. The number of methoxy groups -OCH3 is 2. The van der Waals surface area contributed by atoms with Crippen molar-refractivity contribution in [1.82, 2.24) is 15.3 Å². The topological polar surface area (TPSA) is 99.4 Å². The van der Waals surface area contributed by atoms with E-state index in [0.29, 0.717) is 28.0 Å². The quantitative estimate of drug-likeness (QED) is 0.802. The number of rotatable bonds is 6. The van der Waals surface area contributed by atoms with Gasteiger partial charge in [-0.05, 0) is 26.3 Å². The second kappa shape index (κ2) is 8.06. The largest absolute Gasteiger partial charge is 0.480 e. The van der Waals surface area contributed by atoms with Crippen LogP contribution in [0.3, 0.4) is 0 Å². The highest BCUT2D eigenvalue weighted by molar-refractivity contribution is 7.20. The number of nitrogens with one attached hydrogen (secondary N) is 1. The highest BCUT2D eigenvalue weighted by atomic mass is 35.5. The number of aromatic nitrogens is 2. The third-order valence-corrected chi connectivity index (χ3v) is 4.62. The Morgan fingerprint density at radius 2 is 2.00 bits per heavy atom. The molecular formula is C15H23ClN4O3S. The molecule has 2 rings (SSSR count). The SMILES string of the molecule is COCc1nc(OC)c2c(C)c(C(=O)NC(C)(C)CN)sc2n1.Cl. The van der Waals surface area contributed by atoms with Gasteiger partial charge in [0.1, 0.15) is 11.4 Å². The van der Waals surface area contributed by atoms with Crippen LogP contribution < -0.4 is 15.8 Å². The molecule has 0 aliphatic rings. The maximum atomic E-state index is 12.5. The molecule has 0 aliphatic heterocycles. The molecule has 7 nitrogen and oxygen atoms in total. The van der Waals surface area contributed by atoms with Crippen LogP contribution in [0.5, 0.6) is 5.88 Å². The summed E-state index contributed by atoms with van der Waals surface area (Å²) in [5.41, 5.74) is 6.00. The van der Waals surface area contributed by atoms with Crippen LogP contribution >= 0.6 is 23.7 Å². The standard InChI is InChI=1S/C15H22N4O3S.ClH/c1-8-10-13(22-5)17-9(6-21-4)18-14(10)23-11(8)12(20)19-15(2,3)7-16;/h6-7,16H2,1-5H3,(H,19,20);1H. The first-order valence-electron chi connectivity index (χ1n) is 7.18. The number of thiophene rings is 1. The summed E-state index contributed by atoms with van der Waals surface area (Å²) in [7, 11) is 3.13. The molecule has 0 atom stereocenters. The first-order valence-corrected chi connectivity index (χ1v) is 8.00. The zero-order valence-corrected chi connectivity index (χ0v) is 16.1. The number of carbonyl (C=O) groups is 1. The van der Waals surface area contributed by atoms with Crippen molar-refractivity contribution in [3.05, 3.63) is 16.3 Å². The van der Waals surface area contributed by atoms with E-state index in [1.54, 1.807) is 14.2 Å². The first-order chi connectivity index (χ1) is 10.8. The molecule has 0 saturated heterocycles. The number of carbonyl (C=O) groups excluding carboxylic acids is 1. The molecule has 0 aromatic carbocycles. The van der Waals surface area contributed by atoms with Crippen LogP contribution in [0.25, 0.3) is 10.2 Å². The third-order valence-electron chi connectivity index (χ3n) is 3.44. The number of fused-ring (bicyclic) bond motifs is 1. The fraction of sp³-hybridized carbons (Fsp3) is 0.533. The van der Waals surface area contributed by atoms with Crippen molar-refractivity contribution < 1.29 is 14.3 Å². The van der Waals surface area contributed by atoms with E-state index >= 15 is 0 Å². The zero-order chi connectivity index (χ0) is 17.2. The molecule has 1 amide bonds. The van der Waals surface area contributed by atoms with Gasteiger partial charge in [-0.15, -0.1) is 23.7 Å². The minimum absolute atomic E-state index is 0. The van der Waals surface area contributed by atoms with Gasteiger partial charge in [0.05, 0.1) is 17.4 Å². The van der Waals surface area contributed by atoms with Gasteiger partial charge in [0, 0.05) is 19.2 Å². The van der Waals surface area contributed by atoms with E-state index in [2.05, 4.69) is 15.3 Å². The molecule has 0 fully saturated rings. The maximum Gasteiger partial charge on any atom is 0.262 e. The summed E-state index contributed by atoms with van der Waals surface area (Å²) in [6.45, 7) is 6.26.